The van der Waals surface area contributed by atoms with Crippen molar-refractivity contribution in [1.82, 2.24) is 19.6 Å². The third kappa shape index (κ3) is 4.28. The maximum absolute atomic E-state index is 12.9. The molecule has 2 atom stereocenters. The van der Waals surface area contributed by atoms with E-state index in [-0.39, 0.29) is 29.0 Å². The Hall–Kier alpha value is -4.05. The van der Waals surface area contributed by atoms with Gasteiger partial charge in [0, 0.05) is 35.8 Å². The number of hydrogen-bond donors (Lipinski definition) is 5. The lowest BCUT2D eigenvalue weighted by Crippen LogP contribution is -2.71. The Morgan fingerprint density at radius 3 is 2.74 bits per heavy atom. The number of aliphatic carboxylic acids is 1. The number of rotatable bonds is 7. The van der Waals surface area contributed by atoms with Crippen molar-refractivity contribution in [3.63, 3.8) is 0 Å². The maximum Gasteiger partial charge on any atom is 0.352 e. The Bertz CT molecular complexity index is 1320. The maximum atomic E-state index is 12.9. The first-order valence-electron chi connectivity index (χ1n) is 9.95. The number of oxime groups is 1. The van der Waals surface area contributed by atoms with E-state index in [1.165, 1.54) is 11.8 Å². The molecule has 182 valence electrons. The number of primary amides is 1. The van der Waals surface area contributed by atoms with Crippen LogP contribution in [-0.2, 0) is 20.9 Å². The molecule has 2 aliphatic heterocycles. The van der Waals surface area contributed by atoms with E-state index < -0.39 is 40.8 Å². The summed E-state index contributed by atoms with van der Waals surface area (Å²) in [5.74, 6) is -3.41. The number of nitrogens with zero attached hydrogens (tertiary/aromatic N) is 5. The number of carboxylic acid groups (broad SMARTS) is 1. The first-order chi connectivity index (χ1) is 16.6. The molecule has 0 unspecified atom stereocenters. The second kappa shape index (κ2) is 9.30. The number of nitrogens with one attached hydrogen (secondary N) is 1. The first-order valence-corrected chi connectivity index (χ1v) is 11.8. The zero-order chi connectivity index (χ0) is 25.4. The Balaban J connectivity index is 1.56. The van der Waals surface area contributed by atoms with Gasteiger partial charge in [0.25, 0.3) is 17.7 Å². The van der Waals surface area contributed by atoms with Crippen molar-refractivity contribution >= 4 is 57.8 Å². The van der Waals surface area contributed by atoms with Crippen molar-refractivity contribution in [3.8, 4) is 0 Å². The second-order valence-electron chi connectivity index (χ2n) is 7.52. The molecule has 7 N–H and O–H groups in total. The Morgan fingerprint density at radius 2 is 2.14 bits per heavy atom. The molecule has 16 heteroatoms. The highest BCUT2D eigenvalue weighted by atomic mass is 32.2. The van der Waals surface area contributed by atoms with Crippen LogP contribution in [0.4, 0.5) is 5.13 Å². The quantitative estimate of drug-likeness (QED) is 0.0930. The van der Waals surface area contributed by atoms with Crippen molar-refractivity contribution in [3.05, 3.63) is 46.7 Å². The van der Waals surface area contributed by atoms with Crippen LogP contribution < -0.4 is 21.4 Å². The molecule has 2 aromatic heterocycles. The molecule has 2 aromatic rings. The molecule has 4 rings (SSSR count). The van der Waals surface area contributed by atoms with E-state index in [1.54, 1.807) is 29.8 Å². The molecular weight excluding hydrogens is 500 g/mol. The lowest BCUT2D eigenvalue weighted by molar-refractivity contribution is -0.695. The third-order valence-corrected chi connectivity index (χ3v) is 7.36. The second-order valence-corrected chi connectivity index (χ2v) is 9.41. The van der Waals surface area contributed by atoms with Crippen molar-refractivity contribution < 1.29 is 34.1 Å². The van der Waals surface area contributed by atoms with E-state index in [2.05, 4.69) is 19.8 Å². The smallest absolute Gasteiger partial charge is 0.352 e. The van der Waals surface area contributed by atoms with E-state index in [0.29, 0.717) is 16.8 Å². The van der Waals surface area contributed by atoms with E-state index >= 15 is 0 Å². The van der Waals surface area contributed by atoms with E-state index in [4.69, 9.17) is 11.5 Å². The summed E-state index contributed by atoms with van der Waals surface area (Å²) in [5.41, 5.74) is 11.5. The predicted molar refractivity (Wildman–Crippen MR) is 122 cm³/mol. The highest BCUT2D eigenvalue weighted by molar-refractivity contribution is 8.00. The number of carbonyl (C=O) groups is 4. The fraction of sp³-hybridized carbons (Fsp3) is 0.263. The normalized spacial score (nSPS) is 19.7. The standard InChI is InChI=1S/C19H18N8O6S2/c1-7-9(13(20)28)3-2-4-26(7)5-8-6-34-17-11(16(30)27(17)12(8)18(31)32)22-15(29)10(24-33)14-23-19(21)35-25-14/h2-4,11,17H,5-6H2,1H3,(H6-,20,21,22,23,25,28,29,31,32,33)/p+1/t11-,17+/m1/s1. The number of fused-ring (bicyclic) bond motifs is 1. The van der Waals surface area contributed by atoms with Crippen molar-refractivity contribution in [2.75, 3.05) is 11.5 Å². The van der Waals surface area contributed by atoms with Crippen LogP contribution in [0.2, 0.25) is 0 Å². The first kappa shape index (κ1) is 24.1. The van der Waals surface area contributed by atoms with E-state index in [1.807, 2.05) is 0 Å². The summed E-state index contributed by atoms with van der Waals surface area (Å²) in [4.78, 5) is 54.1. The largest absolute Gasteiger partial charge is 0.477 e. The molecule has 0 spiro atoms. The highest BCUT2D eigenvalue weighted by Crippen LogP contribution is 2.40. The minimum absolute atomic E-state index is 0.0564. The van der Waals surface area contributed by atoms with Gasteiger partial charge in [-0.2, -0.15) is 13.9 Å². The van der Waals surface area contributed by atoms with Gasteiger partial charge in [0.1, 0.15) is 22.7 Å². The molecule has 0 aromatic carbocycles. The van der Waals surface area contributed by atoms with Crippen LogP contribution in [0, 0.1) is 6.92 Å². The van der Waals surface area contributed by atoms with Crippen LogP contribution in [-0.4, -0.2) is 71.1 Å². The van der Waals surface area contributed by atoms with Crippen LogP contribution >= 0.6 is 23.3 Å². The number of anilines is 1. The molecule has 14 nitrogen and oxygen atoms in total. The summed E-state index contributed by atoms with van der Waals surface area (Å²) in [5, 5.41) is 23.8. The number of hydrogen-bond acceptors (Lipinski definition) is 11. The molecule has 0 aliphatic carbocycles. The Labute approximate surface area is 205 Å². The molecule has 1 saturated heterocycles. The topological polar surface area (TPSA) is 218 Å². The number of pyridine rings is 1. The number of β-lactam (4-membered cyclic amide) rings is 1. The summed E-state index contributed by atoms with van der Waals surface area (Å²) in [7, 11) is 0. The Kier molecular flexibility index (Phi) is 6.40. The number of carboxylic acids is 1. The summed E-state index contributed by atoms with van der Waals surface area (Å²) in [6.07, 6.45) is 1.68. The van der Waals surface area contributed by atoms with Gasteiger partial charge >= 0.3 is 5.97 Å². The summed E-state index contributed by atoms with van der Waals surface area (Å²) in [6, 6.07) is 2.14. The van der Waals surface area contributed by atoms with Crippen LogP contribution in [0.3, 0.4) is 0 Å². The number of carbonyl (C=O) groups excluding carboxylic acids is 3. The monoisotopic (exact) mass is 519 g/mol. The van der Waals surface area contributed by atoms with Gasteiger partial charge < -0.3 is 27.1 Å². The number of amides is 3. The molecule has 1 fully saturated rings. The molecule has 2 aliphatic rings. The SMILES string of the molecule is Cc1c(C(N)=O)ccc[n+]1CC1=C(C(=O)O)N2C(=O)[C@@H](NC(=O)C(=NO)c3nsc(N)n3)[C@@H]2SC1. The van der Waals surface area contributed by atoms with Crippen molar-refractivity contribution in [2.45, 2.75) is 24.9 Å². The van der Waals surface area contributed by atoms with Gasteiger partial charge in [-0.3, -0.25) is 19.3 Å². The summed E-state index contributed by atoms with van der Waals surface area (Å²) in [6.45, 7) is 1.80. The lowest BCUT2D eigenvalue weighted by atomic mass is 10.0. The third-order valence-electron chi connectivity index (χ3n) is 5.48. The van der Waals surface area contributed by atoms with Gasteiger partial charge in [0.15, 0.2) is 23.6 Å². The Morgan fingerprint density at radius 1 is 1.40 bits per heavy atom. The van der Waals surface area contributed by atoms with Gasteiger partial charge in [-0.1, -0.05) is 5.16 Å². The molecule has 3 amide bonds. The number of nitrogens with two attached hydrogens (primary N) is 2. The van der Waals surface area contributed by atoms with Crippen LogP contribution in [0.25, 0.3) is 0 Å². The van der Waals surface area contributed by atoms with Gasteiger partial charge in [0.05, 0.1) is 0 Å². The zero-order valence-electron chi connectivity index (χ0n) is 18.0. The minimum atomic E-state index is -1.30. The average molecular weight is 520 g/mol. The van der Waals surface area contributed by atoms with Crippen molar-refractivity contribution in [1.29, 1.82) is 0 Å². The molecule has 0 bridgehead atoms. The number of thioether (sulfide) groups is 1. The van der Waals surface area contributed by atoms with Crippen LogP contribution in [0.1, 0.15) is 21.9 Å². The predicted octanol–water partition coefficient (Wildman–Crippen LogP) is -1.57. The molecule has 4 heterocycles. The van der Waals surface area contributed by atoms with Gasteiger partial charge in [-0.15, -0.1) is 11.8 Å². The van der Waals surface area contributed by atoms with Gasteiger partial charge in [-0.05, 0) is 6.07 Å². The zero-order valence-corrected chi connectivity index (χ0v) is 19.7. The number of aromatic nitrogens is 3. The summed E-state index contributed by atoms with van der Waals surface area (Å²) >= 11 is 2.06. The average Bonchev–Trinajstić information content (AvgIpc) is 3.24. The summed E-state index contributed by atoms with van der Waals surface area (Å²) < 4.78 is 5.49. The fourth-order valence-corrected chi connectivity index (χ4v) is 5.57. The van der Waals surface area contributed by atoms with Crippen LogP contribution in [0.15, 0.2) is 34.8 Å². The lowest BCUT2D eigenvalue weighted by Gasteiger charge is -2.49. The van der Waals surface area contributed by atoms with E-state index in [9.17, 15) is 29.5 Å². The number of nitrogen functional groups attached to an aromatic ring is 1. The van der Waals surface area contributed by atoms with Gasteiger partial charge in [-0.25, -0.2) is 4.79 Å². The highest BCUT2D eigenvalue weighted by Gasteiger charge is 2.55. The molecule has 0 radical (unpaired) electrons. The molecule has 35 heavy (non-hydrogen) atoms. The van der Waals surface area contributed by atoms with Crippen LogP contribution in [0.5, 0.6) is 0 Å². The van der Waals surface area contributed by atoms with Crippen molar-refractivity contribution in [2.24, 2.45) is 10.9 Å². The van der Waals surface area contributed by atoms with E-state index in [0.717, 1.165) is 16.4 Å². The fourth-order valence-electron chi connectivity index (χ4n) is 3.81. The minimum Gasteiger partial charge on any atom is -0.477 e. The molecular formula is C19H19N8O6S2+. The van der Waals surface area contributed by atoms with Gasteiger partial charge in [0.2, 0.25) is 11.5 Å². The molecule has 0 saturated carbocycles.